The van der Waals surface area contributed by atoms with Gasteiger partial charge in [0.25, 0.3) is 5.91 Å². The van der Waals surface area contributed by atoms with E-state index in [1.54, 1.807) is 20.8 Å². The molecule has 2 aromatic rings. The molecule has 0 unspecified atom stereocenters. The largest absolute Gasteiger partial charge is 0.462 e. The zero-order valence-corrected chi connectivity index (χ0v) is 17.2. The van der Waals surface area contributed by atoms with Gasteiger partial charge in [-0.1, -0.05) is 0 Å². The molecular formula is C20H21N3O5S. The van der Waals surface area contributed by atoms with Crippen molar-refractivity contribution in [1.82, 2.24) is 4.98 Å². The van der Waals surface area contributed by atoms with E-state index in [2.05, 4.69) is 16.4 Å². The number of carbonyl (C=O) groups is 3. The third-order valence-corrected chi connectivity index (χ3v) is 5.95. The van der Waals surface area contributed by atoms with Crippen LogP contribution in [0.2, 0.25) is 0 Å². The van der Waals surface area contributed by atoms with Gasteiger partial charge in [-0.15, -0.1) is 11.3 Å². The molecule has 0 bridgehead atoms. The predicted molar refractivity (Wildman–Crippen MR) is 106 cm³/mol. The van der Waals surface area contributed by atoms with Crippen LogP contribution in [0.1, 0.15) is 61.5 Å². The van der Waals surface area contributed by atoms with Crippen LogP contribution in [0.15, 0.2) is 0 Å². The van der Waals surface area contributed by atoms with Crippen molar-refractivity contribution in [3.63, 3.8) is 0 Å². The SMILES string of the molecule is CCOC(=O)c1c(C)[nH]c(C(=O)OCC(=O)Nc2sc3c(c2C#N)CCC3)c1C. The van der Waals surface area contributed by atoms with Crippen LogP contribution in [0.3, 0.4) is 0 Å². The summed E-state index contributed by atoms with van der Waals surface area (Å²) < 4.78 is 10.1. The Morgan fingerprint density at radius 3 is 2.66 bits per heavy atom. The summed E-state index contributed by atoms with van der Waals surface area (Å²) in [6.07, 6.45) is 2.77. The van der Waals surface area contributed by atoms with Gasteiger partial charge in [-0.05, 0) is 51.2 Å². The number of nitrogens with zero attached hydrogens (tertiary/aromatic N) is 1. The highest BCUT2D eigenvalue weighted by molar-refractivity contribution is 7.16. The molecule has 2 aromatic heterocycles. The second-order valence-electron chi connectivity index (χ2n) is 6.64. The van der Waals surface area contributed by atoms with Crippen LogP contribution in [-0.4, -0.2) is 36.0 Å². The second-order valence-corrected chi connectivity index (χ2v) is 7.75. The molecular weight excluding hydrogens is 394 g/mol. The van der Waals surface area contributed by atoms with Crippen LogP contribution >= 0.6 is 11.3 Å². The van der Waals surface area contributed by atoms with Gasteiger partial charge in [-0.3, -0.25) is 4.79 Å². The number of nitrogens with one attached hydrogen (secondary N) is 2. The maximum atomic E-state index is 12.4. The first-order chi connectivity index (χ1) is 13.9. The number of anilines is 1. The number of aromatic amines is 1. The van der Waals surface area contributed by atoms with Crippen LogP contribution in [-0.2, 0) is 27.1 Å². The van der Waals surface area contributed by atoms with Gasteiger partial charge in [-0.25, -0.2) is 9.59 Å². The Labute approximate surface area is 171 Å². The van der Waals surface area contributed by atoms with Crippen molar-refractivity contribution < 1.29 is 23.9 Å². The fourth-order valence-corrected chi connectivity index (χ4v) is 4.70. The van der Waals surface area contributed by atoms with E-state index in [1.165, 1.54) is 11.3 Å². The molecule has 0 aromatic carbocycles. The highest BCUT2D eigenvalue weighted by atomic mass is 32.1. The topological polar surface area (TPSA) is 121 Å². The second kappa shape index (κ2) is 8.49. The average Bonchev–Trinajstić information content (AvgIpc) is 3.32. The minimum atomic E-state index is -0.745. The van der Waals surface area contributed by atoms with Crippen molar-refractivity contribution in [3.8, 4) is 6.07 Å². The molecule has 1 aliphatic carbocycles. The smallest absolute Gasteiger partial charge is 0.355 e. The Morgan fingerprint density at radius 1 is 1.21 bits per heavy atom. The average molecular weight is 415 g/mol. The molecule has 0 saturated carbocycles. The lowest BCUT2D eigenvalue weighted by Crippen LogP contribution is -2.21. The molecule has 2 N–H and O–H groups in total. The normalized spacial score (nSPS) is 12.2. The van der Waals surface area contributed by atoms with Crippen LogP contribution in [0.25, 0.3) is 0 Å². The molecule has 0 atom stereocenters. The highest BCUT2D eigenvalue weighted by Crippen LogP contribution is 2.38. The van der Waals surface area contributed by atoms with E-state index >= 15 is 0 Å². The first-order valence-corrected chi connectivity index (χ1v) is 10.1. The van der Waals surface area contributed by atoms with Gasteiger partial charge in [0.1, 0.15) is 16.8 Å². The molecule has 1 aliphatic rings. The number of nitriles is 1. The number of hydrogen-bond acceptors (Lipinski definition) is 7. The summed E-state index contributed by atoms with van der Waals surface area (Å²) >= 11 is 1.40. The van der Waals surface area contributed by atoms with E-state index in [-0.39, 0.29) is 17.9 Å². The Morgan fingerprint density at radius 2 is 1.97 bits per heavy atom. The molecule has 0 saturated heterocycles. The van der Waals surface area contributed by atoms with E-state index in [0.29, 0.717) is 21.8 Å². The van der Waals surface area contributed by atoms with Crippen molar-refractivity contribution >= 4 is 34.2 Å². The van der Waals surface area contributed by atoms with Gasteiger partial charge in [-0.2, -0.15) is 5.26 Å². The molecule has 0 fully saturated rings. The Hall–Kier alpha value is -3.12. The van der Waals surface area contributed by atoms with Gasteiger partial charge in [0.15, 0.2) is 6.61 Å². The number of hydrogen-bond donors (Lipinski definition) is 2. The van der Waals surface area contributed by atoms with E-state index in [1.807, 2.05) is 0 Å². The zero-order chi connectivity index (χ0) is 21.1. The van der Waals surface area contributed by atoms with E-state index in [4.69, 9.17) is 9.47 Å². The third-order valence-electron chi connectivity index (χ3n) is 4.74. The van der Waals surface area contributed by atoms with Gasteiger partial charge in [0.2, 0.25) is 0 Å². The molecule has 3 rings (SSSR count). The standard InChI is InChI=1S/C20H21N3O5S/c1-4-27-19(25)16-10(2)17(22-11(16)3)20(26)28-9-15(24)23-18-13(8-21)12-6-5-7-14(12)29-18/h22H,4-7,9H2,1-3H3,(H,23,24). The first kappa shape index (κ1) is 20.6. The van der Waals surface area contributed by atoms with Gasteiger partial charge >= 0.3 is 11.9 Å². The van der Waals surface area contributed by atoms with Gasteiger partial charge < -0.3 is 19.8 Å². The summed E-state index contributed by atoms with van der Waals surface area (Å²) in [5, 5.41) is 12.5. The van der Waals surface area contributed by atoms with Crippen LogP contribution in [0.4, 0.5) is 5.00 Å². The molecule has 0 radical (unpaired) electrons. The lowest BCUT2D eigenvalue weighted by atomic mass is 10.1. The summed E-state index contributed by atoms with van der Waals surface area (Å²) in [6, 6.07) is 2.15. The number of carbonyl (C=O) groups excluding carboxylic acids is 3. The monoisotopic (exact) mass is 415 g/mol. The van der Waals surface area contributed by atoms with Gasteiger partial charge in [0, 0.05) is 10.6 Å². The number of esters is 2. The maximum absolute atomic E-state index is 12.4. The van der Waals surface area contributed by atoms with Crippen molar-refractivity contribution in [3.05, 3.63) is 38.5 Å². The van der Waals surface area contributed by atoms with Crippen molar-refractivity contribution in [2.75, 3.05) is 18.5 Å². The number of amides is 1. The predicted octanol–water partition coefficient (Wildman–Crippen LogP) is 3.03. The van der Waals surface area contributed by atoms with E-state index < -0.39 is 24.5 Å². The quantitative estimate of drug-likeness (QED) is 0.700. The fourth-order valence-electron chi connectivity index (χ4n) is 3.44. The van der Waals surface area contributed by atoms with Crippen LogP contribution < -0.4 is 5.32 Å². The number of rotatable bonds is 6. The van der Waals surface area contributed by atoms with E-state index in [9.17, 15) is 19.6 Å². The molecule has 0 aliphatic heterocycles. The number of thiophene rings is 1. The lowest BCUT2D eigenvalue weighted by molar-refractivity contribution is -0.119. The molecule has 1 amide bonds. The highest BCUT2D eigenvalue weighted by Gasteiger charge is 2.25. The maximum Gasteiger partial charge on any atom is 0.355 e. The number of aromatic nitrogens is 1. The Kier molecular flexibility index (Phi) is 6.03. The van der Waals surface area contributed by atoms with E-state index in [0.717, 1.165) is 29.7 Å². The minimum absolute atomic E-state index is 0.103. The molecule has 152 valence electrons. The minimum Gasteiger partial charge on any atom is -0.462 e. The Bertz CT molecular complexity index is 1030. The molecule has 0 spiro atoms. The Balaban J connectivity index is 1.64. The summed E-state index contributed by atoms with van der Waals surface area (Å²) in [4.78, 5) is 40.6. The zero-order valence-electron chi connectivity index (χ0n) is 16.4. The summed E-state index contributed by atoms with van der Waals surface area (Å²) in [6.45, 7) is 4.68. The fraction of sp³-hybridized carbons (Fsp3) is 0.400. The molecule has 29 heavy (non-hydrogen) atoms. The van der Waals surface area contributed by atoms with Crippen molar-refractivity contribution in [1.29, 1.82) is 5.26 Å². The summed E-state index contributed by atoms with van der Waals surface area (Å²) in [5.41, 5.74) is 2.80. The summed E-state index contributed by atoms with van der Waals surface area (Å²) in [5.74, 6) is -1.79. The van der Waals surface area contributed by atoms with Crippen LogP contribution in [0.5, 0.6) is 0 Å². The van der Waals surface area contributed by atoms with Gasteiger partial charge in [0.05, 0.1) is 17.7 Å². The summed E-state index contributed by atoms with van der Waals surface area (Å²) in [7, 11) is 0. The number of fused-ring (bicyclic) bond motifs is 1. The lowest BCUT2D eigenvalue weighted by Gasteiger charge is -2.06. The van der Waals surface area contributed by atoms with Crippen molar-refractivity contribution in [2.24, 2.45) is 0 Å². The molecule has 2 heterocycles. The molecule has 8 nitrogen and oxygen atoms in total. The number of aryl methyl sites for hydroxylation is 2. The third kappa shape index (κ3) is 4.03. The van der Waals surface area contributed by atoms with Crippen LogP contribution in [0, 0.1) is 25.2 Å². The number of H-pyrrole nitrogens is 1. The molecule has 9 heteroatoms. The first-order valence-electron chi connectivity index (χ1n) is 9.25. The number of ether oxygens (including phenoxy) is 2. The van der Waals surface area contributed by atoms with Crippen molar-refractivity contribution in [2.45, 2.75) is 40.0 Å².